The molecule has 1 amide bonds. The van der Waals surface area contributed by atoms with E-state index < -0.39 is 36.2 Å². The fourth-order valence-corrected chi connectivity index (χ4v) is 4.60. The Kier molecular flexibility index (Phi) is 7.08. The summed E-state index contributed by atoms with van der Waals surface area (Å²) in [5, 5.41) is 20.7. The first kappa shape index (κ1) is 24.3. The summed E-state index contributed by atoms with van der Waals surface area (Å²) in [5.74, 6) is -3.23. The minimum Gasteiger partial charge on any atom is -0.479 e. The zero-order valence-electron chi connectivity index (χ0n) is 16.3. The Morgan fingerprint density at radius 3 is 2.12 bits per heavy atom. The first-order chi connectivity index (χ1) is 15.5. The number of hydrogen-bond donors (Lipinski definition) is 3. The Labute approximate surface area is 196 Å². The van der Waals surface area contributed by atoms with Crippen LogP contribution in [0.25, 0.3) is 10.4 Å². The van der Waals surface area contributed by atoms with E-state index in [1.54, 1.807) is 12.1 Å². The molecule has 0 aliphatic carbocycles. The van der Waals surface area contributed by atoms with Gasteiger partial charge in [-0.3, -0.25) is 4.79 Å². The number of amides is 1. The molecule has 2 aromatic carbocycles. The number of hydrogen-bond acceptors (Lipinski definition) is 5. The van der Waals surface area contributed by atoms with E-state index in [1.165, 1.54) is 12.1 Å². The van der Waals surface area contributed by atoms with Gasteiger partial charge in [0.1, 0.15) is 0 Å². The SMILES string of the molecule is O=C(O)COc1c(C(=O)O)sc(-c2ccc(C(=O)Nc3ccc(C(F)(F)F)cc3)cc2)c1Br. The normalized spacial score (nSPS) is 11.2. The van der Waals surface area contributed by atoms with Gasteiger partial charge in [0.2, 0.25) is 0 Å². The quantitative estimate of drug-likeness (QED) is 0.357. The van der Waals surface area contributed by atoms with Crippen LogP contribution >= 0.6 is 27.3 Å². The van der Waals surface area contributed by atoms with Gasteiger partial charge in [0.25, 0.3) is 5.91 Å². The van der Waals surface area contributed by atoms with E-state index in [9.17, 15) is 32.7 Å². The van der Waals surface area contributed by atoms with E-state index in [-0.39, 0.29) is 26.4 Å². The molecule has 1 aromatic heterocycles. The number of aliphatic carboxylic acids is 1. The molecule has 3 aromatic rings. The predicted molar refractivity (Wildman–Crippen MR) is 117 cm³/mol. The van der Waals surface area contributed by atoms with E-state index >= 15 is 0 Å². The molecule has 172 valence electrons. The van der Waals surface area contributed by atoms with E-state index in [0.717, 1.165) is 35.6 Å². The van der Waals surface area contributed by atoms with Gasteiger partial charge in [-0.05, 0) is 57.9 Å². The molecule has 0 radical (unpaired) electrons. The maximum atomic E-state index is 12.6. The second-order valence-corrected chi connectivity index (χ2v) is 8.31. The van der Waals surface area contributed by atoms with Crippen molar-refractivity contribution < 1.29 is 42.5 Å². The van der Waals surface area contributed by atoms with Crippen LogP contribution in [0.4, 0.5) is 18.9 Å². The number of thiophene rings is 1. The summed E-state index contributed by atoms with van der Waals surface area (Å²) in [6, 6.07) is 10.0. The number of carbonyl (C=O) groups excluding carboxylic acids is 1. The van der Waals surface area contributed by atoms with Crippen LogP contribution in [0.2, 0.25) is 0 Å². The minimum atomic E-state index is -4.48. The Hall–Kier alpha value is -3.38. The fraction of sp³-hybridized carbons (Fsp3) is 0.0952. The van der Waals surface area contributed by atoms with Gasteiger partial charge in [-0.1, -0.05) is 12.1 Å². The second-order valence-electron chi connectivity index (χ2n) is 6.50. The molecule has 0 saturated heterocycles. The molecule has 3 N–H and O–H groups in total. The van der Waals surface area contributed by atoms with Crippen molar-refractivity contribution in [3.8, 4) is 16.2 Å². The third-order valence-corrected chi connectivity index (χ3v) is 6.45. The monoisotopic (exact) mass is 543 g/mol. The average molecular weight is 544 g/mol. The van der Waals surface area contributed by atoms with Crippen molar-refractivity contribution in [2.75, 3.05) is 11.9 Å². The van der Waals surface area contributed by atoms with Gasteiger partial charge in [-0.25, -0.2) is 9.59 Å². The molecular weight excluding hydrogens is 531 g/mol. The number of rotatable bonds is 7. The molecular formula is C21H13BrF3NO6S. The molecule has 0 bridgehead atoms. The highest BCUT2D eigenvalue weighted by Gasteiger charge is 2.30. The molecule has 12 heteroatoms. The van der Waals surface area contributed by atoms with E-state index in [2.05, 4.69) is 21.2 Å². The molecule has 1 heterocycles. The van der Waals surface area contributed by atoms with Gasteiger partial charge >= 0.3 is 18.1 Å². The smallest absolute Gasteiger partial charge is 0.416 e. The van der Waals surface area contributed by atoms with Crippen LogP contribution in [-0.4, -0.2) is 34.7 Å². The first-order valence-electron chi connectivity index (χ1n) is 8.96. The molecule has 0 unspecified atom stereocenters. The number of alkyl halides is 3. The number of carbonyl (C=O) groups is 3. The third kappa shape index (κ3) is 5.71. The van der Waals surface area contributed by atoms with Crippen molar-refractivity contribution in [2.24, 2.45) is 0 Å². The largest absolute Gasteiger partial charge is 0.479 e. The Balaban J connectivity index is 1.80. The second kappa shape index (κ2) is 9.63. The van der Waals surface area contributed by atoms with Crippen molar-refractivity contribution in [2.45, 2.75) is 6.18 Å². The molecule has 0 atom stereocenters. The predicted octanol–water partition coefficient (Wildman–Crippen LogP) is 5.61. The lowest BCUT2D eigenvalue weighted by Crippen LogP contribution is -2.12. The molecule has 7 nitrogen and oxygen atoms in total. The summed E-state index contributed by atoms with van der Waals surface area (Å²) in [6.45, 7) is -0.724. The van der Waals surface area contributed by atoms with Crippen molar-refractivity contribution in [1.29, 1.82) is 0 Å². The molecule has 3 rings (SSSR count). The van der Waals surface area contributed by atoms with E-state index in [0.29, 0.717) is 10.4 Å². The van der Waals surface area contributed by atoms with Crippen molar-refractivity contribution in [3.63, 3.8) is 0 Å². The third-order valence-electron chi connectivity index (χ3n) is 4.22. The fourth-order valence-electron chi connectivity index (χ4n) is 2.70. The van der Waals surface area contributed by atoms with Gasteiger partial charge in [0.05, 0.1) is 14.9 Å². The average Bonchev–Trinajstić information content (AvgIpc) is 3.08. The van der Waals surface area contributed by atoms with Gasteiger partial charge in [-0.2, -0.15) is 13.2 Å². The lowest BCUT2D eigenvalue weighted by atomic mass is 10.1. The Bertz CT molecular complexity index is 1210. The zero-order chi connectivity index (χ0) is 24.3. The Morgan fingerprint density at radius 2 is 1.61 bits per heavy atom. The summed E-state index contributed by atoms with van der Waals surface area (Å²) in [4.78, 5) is 34.9. The highest BCUT2D eigenvalue weighted by atomic mass is 79.9. The van der Waals surface area contributed by atoms with Gasteiger partial charge < -0.3 is 20.3 Å². The summed E-state index contributed by atoms with van der Waals surface area (Å²) < 4.78 is 43.3. The van der Waals surface area contributed by atoms with Crippen LogP contribution in [0.5, 0.6) is 5.75 Å². The van der Waals surface area contributed by atoms with Crippen LogP contribution in [0.15, 0.2) is 53.0 Å². The number of halogens is 4. The van der Waals surface area contributed by atoms with E-state index in [4.69, 9.17) is 9.84 Å². The number of aromatic carboxylic acids is 1. The highest BCUT2D eigenvalue weighted by molar-refractivity contribution is 9.10. The molecule has 0 aliphatic rings. The van der Waals surface area contributed by atoms with Gasteiger partial charge in [-0.15, -0.1) is 11.3 Å². The van der Waals surface area contributed by atoms with Crippen molar-refractivity contribution in [1.82, 2.24) is 0 Å². The molecule has 0 saturated carbocycles. The maximum absolute atomic E-state index is 12.6. The first-order valence-corrected chi connectivity index (χ1v) is 10.6. The highest BCUT2D eigenvalue weighted by Crippen LogP contribution is 2.45. The number of ether oxygens (including phenoxy) is 1. The number of anilines is 1. The summed E-state index contributed by atoms with van der Waals surface area (Å²) in [5.41, 5.74) is 0.0981. The van der Waals surface area contributed by atoms with Gasteiger partial charge in [0, 0.05) is 11.3 Å². The van der Waals surface area contributed by atoms with Crippen LogP contribution in [-0.2, 0) is 11.0 Å². The maximum Gasteiger partial charge on any atom is 0.416 e. The minimum absolute atomic E-state index is 0.117. The van der Waals surface area contributed by atoms with Crippen LogP contribution in [0.3, 0.4) is 0 Å². The molecule has 0 aliphatic heterocycles. The van der Waals surface area contributed by atoms with Crippen LogP contribution < -0.4 is 10.1 Å². The summed E-state index contributed by atoms with van der Waals surface area (Å²) in [6.07, 6.45) is -4.48. The molecule has 0 fully saturated rings. The van der Waals surface area contributed by atoms with E-state index in [1.807, 2.05) is 0 Å². The van der Waals surface area contributed by atoms with Crippen LogP contribution in [0.1, 0.15) is 25.6 Å². The van der Waals surface area contributed by atoms with Crippen LogP contribution in [0, 0.1) is 0 Å². The Morgan fingerprint density at radius 1 is 1.00 bits per heavy atom. The number of benzene rings is 2. The summed E-state index contributed by atoms with van der Waals surface area (Å²) in [7, 11) is 0. The summed E-state index contributed by atoms with van der Waals surface area (Å²) >= 11 is 4.10. The van der Waals surface area contributed by atoms with Crippen molar-refractivity contribution in [3.05, 3.63) is 69.0 Å². The lowest BCUT2D eigenvalue weighted by Gasteiger charge is -2.09. The van der Waals surface area contributed by atoms with Crippen molar-refractivity contribution >= 4 is 50.8 Å². The standard InChI is InChI=1S/C21H13BrF3NO6S/c22-15-16(32-9-14(27)28)18(20(30)31)33-17(15)10-1-3-11(4-2-10)19(29)26-13-7-5-12(6-8-13)21(23,24)25/h1-8H,9H2,(H,26,29)(H,27,28)(H,30,31). The number of carboxylic acid groups (broad SMARTS) is 2. The number of carboxylic acids is 2. The zero-order valence-corrected chi connectivity index (χ0v) is 18.7. The molecule has 33 heavy (non-hydrogen) atoms. The van der Waals surface area contributed by atoms with Gasteiger partial charge in [0.15, 0.2) is 17.2 Å². The lowest BCUT2D eigenvalue weighted by molar-refractivity contribution is -0.139. The molecule has 0 spiro atoms. The topological polar surface area (TPSA) is 113 Å². The number of nitrogens with one attached hydrogen (secondary N) is 1.